The Morgan fingerprint density at radius 1 is 1.37 bits per heavy atom. The van der Waals surface area contributed by atoms with Gasteiger partial charge in [0.1, 0.15) is 5.25 Å². The summed E-state index contributed by atoms with van der Waals surface area (Å²) in [6.07, 6.45) is 1.79. The molecule has 1 unspecified atom stereocenters. The van der Waals surface area contributed by atoms with E-state index in [9.17, 15) is 13.2 Å². The van der Waals surface area contributed by atoms with E-state index in [0.717, 1.165) is 6.42 Å². The molecule has 19 heavy (non-hydrogen) atoms. The maximum atomic E-state index is 12.1. The van der Waals surface area contributed by atoms with Gasteiger partial charge in [0.05, 0.1) is 11.4 Å². The van der Waals surface area contributed by atoms with Gasteiger partial charge < -0.3 is 5.32 Å². The third-order valence-corrected chi connectivity index (χ3v) is 6.13. The van der Waals surface area contributed by atoms with Gasteiger partial charge in [0.15, 0.2) is 9.84 Å². The first-order valence-corrected chi connectivity index (χ1v) is 8.76. The van der Waals surface area contributed by atoms with Gasteiger partial charge in [0, 0.05) is 9.50 Å². The standard InChI is InChI=1S/C12H13BrClNO3S/c13-9-7-8(14)4-5-10(9)15-12(16)11-3-1-2-6-19(11,17)18/h4-5,7,11H,1-3,6H2,(H,15,16). The normalized spacial score (nSPS) is 21.9. The fraction of sp³-hybridized carbons (Fsp3) is 0.417. The van der Waals surface area contributed by atoms with Crippen LogP contribution in [0.2, 0.25) is 5.02 Å². The van der Waals surface area contributed by atoms with Gasteiger partial charge in [-0.15, -0.1) is 0 Å². The fourth-order valence-electron chi connectivity index (χ4n) is 2.05. The van der Waals surface area contributed by atoms with Crippen molar-refractivity contribution in [2.45, 2.75) is 24.5 Å². The highest BCUT2D eigenvalue weighted by Crippen LogP contribution is 2.27. The molecule has 0 aromatic heterocycles. The minimum atomic E-state index is -3.32. The Labute approximate surface area is 125 Å². The summed E-state index contributed by atoms with van der Waals surface area (Å²) in [5.74, 6) is -0.380. The van der Waals surface area contributed by atoms with E-state index in [0.29, 0.717) is 28.0 Å². The minimum absolute atomic E-state index is 0.0902. The van der Waals surface area contributed by atoms with Gasteiger partial charge >= 0.3 is 0 Å². The Hall–Kier alpha value is -0.590. The highest BCUT2D eigenvalue weighted by molar-refractivity contribution is 9.10. The summed E-state index contributed by atoms with van der Waals surface area (Å²) in [6, 6.07) is 4.92. The van der Waals surface area contributed by atoms with Crippen LogP contribution in [-0.4, -0.2) is 25.3 Å². The van der Waals surface area contributed by atoms with Crippen LogP contribution in [-0.2, 0) is 14.6 Å². The molecule has 0 radical (unpaired) electrons. The van der Waals surface area contributed by atoms with Crippen LogP contribution in [0.15, 0.2) is 22.7 Å². The van der Waals surface area contributed by atoms with E-state index >= 15 is 0 Å². The number of benzene rings is 1. The van der Waals surface area contributed by atoms with Crippen molar-refractivity contribution >= 4 is 49.0 Å². The fourth-order valence-corrected chi connectivity index (χ4v) is 4.64. The van der Waals surface area contributed by atoms with Gasteiger partial charge in [0.25, 0.3) is 0 Å². The monoisotopic (exact) mass is 365 g/mol. The summed E-state index contributed by atoms with van der Waals surface area (Å²) in [5, 5.41) is 2.24. The third kappa shape index (κ3) is 3.49. The van der Waals surface area contributed by atoms with E-state index in [1.807, 2.05) is 0 Å². The van der Waals surface area contributed by atoms with Crippen molar-refractivity contribution < 1.29 is 13.2 Å². The van der Waals surface area contributed by atoms with Gasteiger partial charge in [-0.25, -0.2) is 8.42 Å². The predicted octanol–water partition coefficient (Wildman–Crippen LogP) is 3.01. The molecule has 1 saturated heterocycles. The Kier molecular flexibility index (Phi) is 4.53. The Morgan fingerprint density at radius 2 is 2.11 bits per heavy atom. The molecule has 1 aromatic rings. The summed E-state index contributed by atoms with van der Waals surface area (Å²) in [6.45, 7) is 0. The molecular weight excluding hydrogens is 354 g/mol. The van der Waals surface area contributed by atoms with Gasteiger partial charge in [-0.2, -0.15) is 0 Å². The molecule has 1 aromatic carbocycles. The van der Waals surface area contributed by atoms with Crippen molar-refractivity contribution in [3.05, 3.63) is 27.7 Å². The first kappa shape index (κ1) is 14.8. The van der Waals surface area contributed by atoms with E-state index in [-0.39, 0.29) is 5.75 Å². The largest absolute Gasteiger partial charge is 0.324 e. The second-order valence-electron chi connectivity index (χ2n) is 4.46. The van der Waals surface area contributed by atoms with E-state index in [4.69, 9.17) is 11.6 Å². The van der Waals surface area contributed by atoms with Crippen LogP contribution in [0.25, 0.3) is 0 Å². The topological polar surface area (TPSA) is 63.2 Å². The van der Waals surface area contributed by atoms with Crippen molar-refractivity contribution in [3.63, 3.8) is 0 Å². The maximum Gasteiger partial charge on any atom is 0.242 e. The van der Waals surface area contributed by atoms with Crippen LogP contribution in [0.3, 0.4) is 0 Å². The van der Waals surface area contributed by atoms with Crippen LogP contribution >= 0.6 is 27.5 Å². The van der Waals surface area contributed by atoms with Gasteiger partial charge in [0.2, 0.25) is 5.91 Å². The van der Waals surface area contributed by atoms with Gasteiger partial charge in [-0.1, -0.05) is 18.0 Å². The minimum Gasteiger partial charge on any atom is -0.324 e. The summed E-state index contributed by atoms with van der Waals surface area (Å²) >= 11 is 9.09. The molecule has 4 nitrogen and oxygen atoms in total. The number of hydrogen-bond donors (Lipinski definition) is 1. The number of sulfone groups is 1. The molecule has 1 amide bonds. The highest BCUT2D eigenvalue weighted by atomic mass is 79.9. The van der Waals surface area contributed by atoms with Gasteiger partial charge in [-0.05, 0) is 47.0 Å². The molecule has 0 bridgehead atoms. The number of carbonyl (C=O) groups is 1. The number of amides is 1. The van der Waals surface area contributed by atoms with Crippen LogP contribution < -0.4 is 5.32 Å². The average Bonchev–Trinajstić information content (AvgIpc) is 2.32. The van der Waals surface area contributed by atoms with Crippen molar-refractivity contribution in [2.75, 3.05) is 11.1 Å². The average molecular weight is 367 g/mol. The number of nitrogens with one attached hydrogen (secondary N) is 1. The maximum absolute atomic E-state index is 12.1. The molecule has 1 N–H and O–H groups in total. The van der Waals surface area contributed by atoms with Crippen LogP contribution in [0.5, 0.6) is 0 Å². The number of rotatable bonds is 2. The van der Waals surface area contributed by atoms with Crippen molar-refractivity contribution in [2.24, 2.45) is 0 Å². The molecule has 1 heterocycles. The van der Waals surface area contributed by atoms with Gasteiger partial charge in [-0.3, -0.25) is 4.79 Å². The predicted molar refractivity (Wildman–Crippen MR) is 79.2 cm³/mol. The zero-order valence-corrected chi connectivity index (χ0v) is 13.2. The molecular formula is C12H13BrClNO3S. The number of carbonyl (C=O) groups excluding carboxylic acids is 1. The molecule has 1 fully saturated rings. The summed E-state index contributed by atoms with van der Waals surface area (Å²) in [5.41, 5.74) is 0.523. The second-order valence-corrected chi connectivity index (χ2v) is 8.06. The lowest BCUT2D eigenvalue weighted by Gasteiger charge is -2.21. The van der Waals surface area contributed by atoms with Crippen LogP contribution in [0, 0.1) is 0 Å². The number of halogens is 2. The molecule has 0 spiro atoms. The lowest BCUT2D eigenvalue weighted by Crippen LogP contribution is -2.39. The molecule has 104 valence electrons. The molecule has 2 rings (SSSR count). The van der Waals surface area contributed by atoms with Crippen molar-refractivity contribution in [3.8, 4) is 0 Å². The van der Waals surface area contributed by atoms with E-state index < -0.39 is 21.0 Å². The van der Waals surface area contributed by atoms with Crippen LogP contribution in [0.1, 0.15) is 19.3 Å². The Bertz CT molecular complexity index is 603. The van der Waals surface area contributed by atoms with Crippen LogP contribution in [0.4, 0.5) is 5.69 Å². The summed E-state index contributed by atoms with van der Waals surface area (Å²) < 4.78 is 24.3. The molecule has 0 aliphatic carbocycles. The van der Waals surface area contributed by atoms with E-state index in [2.05, 4.69) is 21.2 Å². The van der Waals surface area contributed by atoms with E-state index in [1.54, 1.807) is 18.2 Å². The quantitative estimate of drug-likeness (QED) is 0.875. The lowest BCUT2D eigenvalue weighted by molar-refractivity contribution is -0.116. The highest BCUT2D eigenvalue weighted by Gasteiger charge is 2.34. The Morgan fingerprint density at radius 3 is 2.74 bits per heavy atom. The first-order valence-electron chi connectivity index (χ1n) is 5.87. The molecule has 1 aliphatic rings. The summed E-state index contributed by atoms with van der Waals surface area (Å²) in [4.78, 5) is 12.1. The SMILES string of the molecule is O=C(Nc1ccc(Cl)cc1Br)C1CCCCS1(=O)=O. The first-order chi connectivity index (χ1) is 8.90. The number of anilines is 1. The lowest BCUT2D eigenvalue weighted by atomic mass is 10.2. The molecule has 0 saturated carbocycles. The molecule has 1 atom stereocenters. The van der Waals surface area contributed by atoms with Crippen molar-refractivity contribution in [1.82, 2.24) is 0 Å². The van der Waals surface area contributed by atoms with Crippen molar-refractivity contribution in [1.29, 1.82) is 0 Å². The van der Waals surface area contributed by atoms with E-state index in [1.165, 1.54) is 0 Å². The molecule has 1 aliphatic heterocycles. The second kappa shape index (κ2) is 5.81. The third-order valence-electron chi connectivity index (χ3n) is 3.06. The zero-order valence-electron chi connectivity index (χ0n) is 10.0. The summed E-state index contributed by atoms with van der Waals surface area (Å²) in [7, 11) is -3.32. The zero-order chi connectivity index (χ0) is 14.0. The smallest absolute Gasteiger partial charge is 0.242 e. The Balaban J connectivity index is 2.17. The molecule has 7 heteroatoms. The number of hydrogen-bond acceptors (Lipinski definition) is 3.